The quantitative estimate of drug-likeness (QED) is 0.206. The van der Waals surface area contributed by atoms with Crippen LogP contribution in [-0.2, 0) is 26.1 Å². The van der Waals surface area contributed by atoms with E-state index in [1.54, 1.807) is 10.9 Å². The standard InChI is InChI=1S/C18H20N4O3.C18H19N3O2.CH2O2/c1-13-18(11-24-12-18)25-8-7-22(13)16-9-14(10-19-17(16)23)3-4-15-5-6-21(2)20-15;1-2-7-13-12(6-1)15-16(23-13)18(21-9-3-4-10-21)20-17(19-15)14-8-5-11-22-14;2-1-3/h5-6,9-10,13H,7-8,11-12H2,1-2H3,(H,19,23);1-2,6-7,14H,3-5,8-11H2;1H,(H,2,3). The van der Waals surface area contributed by atoms with Gasteiger partial charge in [0.05, 0.1) is 25.9 Å². The minimum atomic E-state index is -0.305. The zero-order chi connectivity index (χ0) is 35.4. The van der Waals surface area contributed by atoms with Crippen LogP contribution < -0.4 is 15.4 Å². The van der Waals surface area contributed by atoms with Crippen LogP contribution in [0.3, 0.4) is 0 Å². The molecule has 4 fully saturated rings. The molecule has 8 heterocycles. The summed E-state index contributed by atoms with van der Waals surface area (Å²) in [4.78, 5) is 37.6. The second kappa shape index (κ2) is 14.9. The zero-order valence-electron chi connectivity index (χ0n) is 28.7. The first-order valence-electron chi connectivity index (χ1n) is 17.3. The molecular formula is C37H41N7O7. The van der Waals surface area contributed by atoms with Crippen molar-refractivity contribution in [2.24, 2.45) is 7.05 Å². The number of para-hydroxylation sites is 1. The van der Waals surface area contributed by atoms with Gasteiger partial charge in [-0.05, 0) is 62.8 Å². The molecule has 4 aliphatic rings. The van der Waals surface area contributed by atoms with Gasteiger partial charge in [0.1, 0.15) is 34.2 Å². The Morgan fingerprint density at radius 1 is 1.06 bits per heavy atom. The van der Waals surface area contributed by atoms with Gasteiger partial charge in [-0.25, -0.2) is 9.97 Å². The zero-order valence-corrected chi connectivity index (χ0v) is 28.7. The van der Waals surface area contributed by atoms with Gasteiger partial charge in [0.25, 0.3) is 12.0 Å². The van der Waals surface area contributed by atoms with Crippen LogP contribution >= 0.6 is 0 Å². The summed E-state index contributed by atoms with van der Waals surface area (Å²) in [5.74, 6) is 7.83. The highest BCUT2D eigenvalue weighted by Gasteiger charge is 2.50. The molecule has 2 N–H and O–H groups in total. The molecule has 4 aromatic heterocycles. The second-order valence-electron chi connectivity index (χ2n) is 13.0. The lowest BCUT2D eigenvalue weighted by atomic mass is 9.90. The van der Waals surface area contributed by atoms with E-state index < -0.39 is 0 Å². The van der Waals surface area contributed by atoms with E-state index in [9.17, 15) is 4.79 Å². The molecule has 9 rings (SSSR count). The fourth-order valence-electron chi connectivity index (χ4n) is 6.94. The number of furan rings is 1. The van der Waals surface area contributed by atoms with E-state index in [2.05, 4.69) is 44.7 Å². The largest absolute Gasteiger partial charge is 0.483 e. The summed E-state index contributed by atoms with van der Waals surface area (Å²) >= 11 is 0. The Hall–Kier alpha value is -5.23. The summed E-state index contributed by atoms with van der Waals surface area (Å²) in [6.45, 7) is 7.09. The molecule has 0 bridgehead atoms. The molecule has 0 aliphatic carbocycles. The van der Waals surface area contributed by atoms with Crippen molar-refractivity contribution in [3.8, 4) is 11.8 Å². The summed E-state index contributed by atoms with van der Waals surface area (Å²) in [7, 11) is 1.85. The molecule has 5 aromatic rings. The van der Waals surface area contributed by atoms with Crippen molar-refractivity contribution < 1.29 is 28.5 Å². The Bertz CT molecular complexity index is 2110. The third-order valence-electron chi connectivity index (χ3n) is 9.73. The summed E-state index contributed by atoms with van der Waals surface area (Å²) in [6.07, 6.45) is 8.00. The second-order valence-corrected chi connectivity index (χ2v) is 13.0. The minimum absolute atomic E-state index is 0.0226. The Morgan fingerprint density at radius 2 is 1.86 bits per heavy atom. The summed E-state index contributed by atoms with van der Waals surface area (Å²) < 4.78 is 24.9. The van der Waals surface area contributed by atoms with E-state index in [0.717, 1.165) is 71.8 Å². The Morgan fingerprint density at radius 3 is 2.57 bits per heavy atom. The number of hydrogen-bond acceptors (Lipinski definition) is 11. The van der Waals surface area contributed by atoms with Gasteiger partial charge in [-0.2, -0.15) is 5.10 Å². The third-order valence-corrected chi connectivity index (χ3v) is 9.73. The number of benzene rings is 1. The van der Waals surface area contributed by atoms with Crippen LogP contribution in [0.4, 0.5) is 11.5 Å². The van der Waals surface area contributed by atoms with Gasteiger partial charge in [-0.15, -0.1) is 0 Å². The first-order valence-corrected chi connectivity index (χ1v) is 17.3. The van der Waals surface area contributed by atoms with Gasteiger partial charge in [0.15, 0.2) is 17.2 Å². The maximum Gasteiger partial charge on any atom is 0.290 e. The predicted octanol–water partition coefficient (Wildman–Crippen LogP) is 4.03. The van der Waals surface area contributed by atoms with Crippen LogP contribution in [0.1, 0.15) is 55.8 Å². The van der Waals surface area contributed by atoms with Crippen LogP contribution in [-0.4, -0.2) is 94.0 Å². The van der Waals surface area contributed by atoms with E-state index in [-0.39, 0.29) is 29.8 Å². The highest BCUT2D eigenvalue weighted by atomic mass is 16.6. The predicted molar refractivity (Wildman–Crippen MR) is 190 cm³/mol. The summed E-state index contributed by atoms with van der Waals surface area (Å²) in [6, 6.07) is 11.8. The number of morpholine rings is 1. The maximum absolute atomic E-state index is 12.4. The SMILES string of the molecule is CC1N(c2cc(C#Cc3ccn(C)n3)c[nH]c2=O)CCOC12COC2.O=CO.c1ccc2c(c1)oc1c(N3CCCC3)nc(C3CCCO3)nc12. The Balaban J connectivity index is 0.000000148. The first-order chi connectivity index (χ1) is 24.9. The molecule has 0 saturated carbocycles. The average Bonchev–Trinajstić information content (AvgIpc) is 3.96. The number of H-pyrrole nitrogens is 1. The lowest BCUT2D eigenvalue weighted by molar-refractivity contribution is -0.228. The molecule has 0 radical (unpaired) electrons. The molecule has 2 atom stereocenters. The number of aromatic nitrogens is 5. The van der Waals surface area contributed by atoms with Crippen molar-refractivity contribution in [2.75, 3.05) is 55.9 Å². The Kier molecular flexibility index (Phi) is 10.0. The number of fused-ring (bicyclic) bond motifs is 3. The van der Waals surface area contributed by atoms with Crippen molar-refractivity contribution in [3.63, 3.8) is 0 Å². The highest BCUT2D eigenvalue weighted by molar-refractivity contribution is 6.05. The minimum Gasteiger partial charge on any atom is -0.483 e. The number of carbonyl (C=O) groups is 1. The molecule has 4 aliphatic heterocycles. The average molecular weight is 696 g/mol. The van der Waals surface area contributed by atoms with E-state index in [4.69, 9.17) is 38.5 Å². The maximum atomic E-state index is 12.4. The lowest BCUT2D eigenvalue weighted by Crippen LogP contribution is -2.68. The van der Waals surface area contributed by atoms with Gasteiger partial charge in [0.2, 0.25) is 0 Å². The fourth-order valence-corrected chi connectivity index (χ4v) is 6.94. The number of aromatic amines is 1. The number of pyridine rings is 1. The molecule has 51 heavy (non-hydrogen) atoms. The normalized spacial score (nSPS) is 20.6. The number of carboxylic acid groups (broad SMARTS) is 1. The van der Waals surface area contributed by atoms with Crippen molar-refractivity contribution >= 4 is 40.0 Å². The molecule has 266 valence electrons. The van der Waals surface area contributed by atoms with Gasteiger partial charge in [-0.1, -0.05) is 18.1 Å². The monoisotopic (exact) mass is 695 g/mol. The summed E-state index contributed by atoms with van der Waals surface area (Å²) in [5, 5.41) is 12.2. The molecule has 1 spiro atoms. The molecule has 14 nitrogen and oxygen atoms in total. The molecule has 0 amide bonds. The van der Waals surface area contributed by atoms with Crippen molar-refractivity contribution in [3.05, 3.63) is 76.2 Å². The van der Waals surface area contributed by atoms with E-state index in [0.29, 0.717) is 37.7 Å². The molecule has 1 aromatic carbocycles. The van der Waals surface area contributed by atoms with E-state index in [1.807, 2.05) is 43.6 Å². The van der Waals surface area contributed by atoms with Crippen molar-refractivity contribution in [1.82, 2.24) is 24.7 Å². The first kappa shape index (κ1) is 34.2. The van der Waals surface area contributed by atoms with Crippen LogP contribution in [0.2, 0.25) is 0 Å². The molecule has 4 saturated heterocycles. The van der Waals surface area contributed by atoms with Gasteiger partial charge in [-0.3, -0.25) is 14.3 Å². The fraction of sp³-hybridized carbons (Fsp3) is 0.432. The molecule has 2 unspecified atom stereocenters. The summed E-state index contributed by atoms with van der Waals surface area (Å²) in [5.41, 5.74) is 4.25. The number of hydrogen-bond donors (Lipinski definition) is 2. The molecule has 14 heteroatoms. The topological polar surface area (TPSA) is 161 Å². The van der Waals surface area contributed by atoms with Gasteiger partial charge >= 0.3 is 0 Å². The number of anilines is 2. The smallest absolute Gasteiger partial charge is 0.290 e. The van der Waals surface area contributed by atoms with E-state index >= 15 is 0 Å². The molecular weight excluding hydrogens is 654 g/mol. The number of ether oxygens (including phenoxy) is 3. The Labute approximate surface area is 294 Å². The highest BCUT2D eigenvalue weighted by Crippen LogP contribution is 2.37. The number of rotatable bonds is 3. The lowest BCUT2D eigenvalue weighted by Gasteiger charge is -2.53. The number of nitrogens with zero attached hydrogens (tertiary/aromatic N) is 6. The van der Waals surface area contributed by atoms with Gasteiger partial charge < -0.3 is 38.5 Å². The van der Waals surface area contributed by atoms with Crippen LogP contribution in [0.5, 0.6) is 0 Å². The van der Waals surface area contributed by atoms with Crippen molar-refractivity contribution in [1.29, 1.82) is 0 Å². The van der Waals surface area contributed by atoms with Crippen LogP contribution in [0.25, 0.3) is 22.1 Å². The third kappa shape index (κ3) is 7.05. The number of nitrogens with one attached hydrogen (secondary N) is 1. The van der Waals surface area contributed by atoms with Crippen LogP contribution in [0, 0.1) is 11.8 Å². The van der Waals surface area contributed by atoms with Gasteiger partial charge in [0, 0.05) is 56.6 Å². The number of aryl methyl sites for hydroxylation is 1. The van der Waals surface area contributed by atoms with Crippen LogP contribution in [0.15, 0.2) is 58.0 Å². The van der Waals surface area contributed by atoms with Crippen molar-refractivity contribution in [2.45, 2.75) is 50.4 Å². The van der Waals surface area contributed by atoms with E-state index in [1.165, 1.54) is 12.8 Å².